The molecule has 21 heavy (non-hydrogen) atoms. The summed E-state index contributed by atoms with van der Waals surface area (Å²) in [4.78, 5) is 21.4. The first-order chi connectivity index (χ1) is 9.97. The monoisotopic (exact) mass is 295 g/mol. The first-order valence-corrected chi connectivity index (χ1v) is 6.55. The highest BCUT2D eigenvalue weighted by Crippen LogP contribution is 2.33. The number of alkyl halides is 3. The van der Waals surface area contributed by atoms with Crippen LogP contribution in [0.2, 0.25) is 0 Å². The van der Waals surface area contributed by atoms with Crippen molar-refractivity contribution in [1.82, 2.24) is 14.9 Å². The van der Waals surface area contributed by atoms with E-state index >= 15 is 0 Å². The normalized spacial score (nSPS) is 19.2. The highest BCUT2D eigenvalue weighted by Gasteiger charge is 2.47. The van der Waals surface area contributed by atoms with E-state index in [0.717, 1.165) is 4.90 Å². The fourth-order valence-corrected chi connectivity index (χ4v) is 2.61. The summed E-state index contributed by atoms with van der Waals surface area (Å²) in [6.07, 6.45) is -1.07. The third-order valence-electron chi connectivity index (χ3n) is 3.61. The van der Waals surface area contributed by atoms with Gasteiger partial charge in [-0.2, -0.15) is 13.2 Å². The second-order valence-corrected chi connectivity index (χ2v) is 4.96. The van der Waals surface area contributed by atoms with Gasteiger partial charge in [0.15, 0.2) is 0 Å². The van der Waals surface area contributed by atoms with E-state index in [9.17, 15) is 18.0 Å². The zero-order valence-corrected chi connectivity index (χ0v) is 11.0. The van der Waals surface area contributed by atoms with Crippen LogP contribution in [-0.2, 0) is 0 Å². The summed E-state index contributed by atoms with van der Waals surface area (Å²) in [6.45, 7) is 0.127. The van der Waals surface area contributed by atoms with Gasteiger partial charge in [0.1, 0.15) is 6.04 Å². The quantitative estimate of drug-likeness (QED) is 0.812. The van der Waals surface area contributed by atoms with Crippen molar-refractivity contribution in [2.75, 3.05) is 6.54 Å². The third-order valence-corrected chi connectivity index (χ3v) is 3.61. The Morgan fingerprint density at radius 1 is 1.19 bits per heavy atom. The molecule has 0 radical (unpaired) electrons. The second-order valence-electron chi connectivity index (χ2n) is 4.96. The lowest BCUT2D eigenvalue weighted by Gasteiger charge is -2.26. The average molecular weight is 295 g/mol. The molecular formula is C14H12F3N3O. The van der Waals surface area contributed by atoms with E-state index in [2.05, 4.69) is 9.97 Å². The molecule has 0 N–H and O–H groups in total. The Balaban J connectivity index is 1.93. The Labute approximate surface area is 118 Å². The number of benzene rings is 1. The Bertz CT molecular complexity index is 686. The van der Waals surface area contributed by atoms with Crippen LogP contribution in [0.3, 0.4) is 0 Å². The molecule has 1 amide bonds. The summed E-state index contributed by atoms with van der Waals surface area (Å²) in [5, 5.41) is 0. The van der Waals surface area contributed by atoms with E-state index in [-0.39, 0.29) is 18.5 Å². The third kappa shape index (κ3) is 2.55. The molecular weight excluding hydrogens is 283 g/mol. The maximum Gasteiger partial charge on any atom is 0.408 e. The minimum absolute atomic E-state index is 0.0391. The topological polar surface area (TPSA) is 46.1 Å². The lowest BCUT2D eigenvalue weighted by Crippen LogP contribution is -2.44. The maximum atomic E-state index is 12.9. The molecule has 1 aromatic heterocycles. The predicted molar refractivity (Wildman–Crippen MR) is 69.7 cm³/mol. The van der Waals surface area contributed by atoms with Crippen LogP contribution in [0.4, 0.5) is 13.2 Å². The Hall–Kier alpha value is -2.18. The average Bonchev–Trinajstić information content (AvgIpc) is 2.95. The number of nitrogens with zero attached hydrogens (tertiary/aromatic N) is 3. The van der Waals surface area contributed by atoms with Gasteiger partial charge >= 0.3 is 6.18 Å². The molecule has 1 aliphatic heterocycles. The van der Waals surface area contributed by atoms with Crippen molar-refractivity contribution < 1.29 is 18.0 Å². The van der Waals surface area contributed by atoms with Crippen molar-refractivity contribution in [1.29, 1.82) is 0 Å². The second kappa shape index (κ2) is 4.98. The van der Waals surface area contributed by atoms with Crippen molar-refractivity contribution >= 4 is 16.9 Å². The van der Waals surface area contributed by atoms with Crippen molar-refractivity contribution in [2.45, 2.75) is 25.1 Å². The van der Waals surface area contributed by atoms with Crippen LogP contribution < -0.4 is 0 Å². The molecule has 1 aliphatic rings. The van der Waals surface area contributed by atoms with E-state index in [0.29, 0.717) is 17.5 Å². The minimum Gasteiger partial charge on any atom is -0.327 e. The standard InChI is InChI=1S/C14H12F3N3O/c15-14(16,17)12-2-1-7-20(12)13(21)9-3-4-10-11(8-9)19-6-5-18-10/h3-6,8,12H,1-2,7H2/t12-/m0/s1. The number of carbonyl (C=O) groups excluding carboxylic acids is 1. The summed E-state index contributed by atoms with van der Waals surface area (Å²) < 4.78 is 38.8. The van der Waals surface area contributed by atoms with Gasteiger partial charge in [-0.15, -0.1) is 0 Å². The molecule has 0 bridgehead atoms. The number of likely N-dealkylation sites (tertiary alicyclic amines) is 1. The fraction of sp³-hybridized carbons (Fsp3) is 0.357. The van der Waals surface area contributed by atoms with E-state index < -0.39 is 18.1 Å². The number of aromatic nitrogens is 2. The van der Waals surface area contributed by atoms with Gasteiger partial charge in [-0.3, -0.25) is 14.8 Å². The number of amides is 1. The highest BCUT2D eigenvalue weighted by atomic mass is 19.4. The van der Waals surface area contributed by atoms with Gasteiger partial charge in [0.2, 0.25) is 0 Å². The Kier molecular flexibility index (Phi) is 3.27. The number of carbonyl (C=O) groups is 1. The number of fused-ring (bicyclic) bond motifs is 1. The zero-order chi connectivity index (χ0) is 15.0. The molecule has 2 heterocycles. The van der Waals surface area contributed by atoms with Crippen LogP contribution in [-0.4, -0.2) is 39.5 Å². The molecule has 3 rings (SSSR count). The largest absolute Gasteiger partial charge is 0.408 e. The van der Waals surface area contributed by atoms with Gasteiger partial charge in [0, 0.05) is 24.5 Å². The first kappa shape index (κ1) is 13.8. The van der Waals surface area contributed by atoms with Gasteiger partial charge < -0.3 is 4.90 Å². The summed E-state index contributed by atoms with van der Waals surface area (Å²) >= 11 is 0. The molecule has 0 aliphatic carbocycles. The van der Waals surface area contributed by atoms with Gasteiger partial charge in [-0.25, -0.2) is 0 Å². The molecule has 4 nitrogen and oxygen atoms in total. The van der Waals surface area contributed by atoms with E-state index in [1.807, 2.05) is 0 Å². The lowest BCUT2D eigenvalue weighted by atomic mass is 10.1. The summed E-state index contributed by atoms with van der Waals surface area (Å²) in [5.41, 5.74) is 1.30. The summed E-state index contributed by atoms with van der Waals surface area (Å²) in [6, 6.07) is 2.87. The van der Waals surface area contributed by atoms with Crippen LogP contribution in [0.25, 0.3) is 11.0 Å². The van der Waals surface area contributed by atoms with Crippen molar-refractivity contribution in [3.05, 3.63) is 36.2 Å². The zero-order valence-electron chi connectivity index (χ0n) is 11.0. The molecule has 0 saturated carbocycles. The molecule has 1 fully saturated rings. The number of hydrogen-bond acceptors (Lipinski definition) is 3. The van der Waals surface area contributed by atoms with Crippen LogP contribution in [0.1, 0.15) is 23.2 Å². The van der Waals surface area contributed by atoms with Crippen molar-refractivity contribution in [2.24, 2.45) is 0 Å². The molecule has 110 valence electrons. The minimum atomic E-state index is -4.39. The number of hydrogen-bond donors (Lipinski definition) is 0. The SMILES string of the molecule is O=C(c1ccc2nccnc2c1)N1CCC[C@H]1C(F)(F)F. The van der Waals surface area contributed by atoms with Gasteiger partial charge in [-0.05, 0) is 31.0 Å². The first-order valence-electron chi connectivity index (χ1n) is 6.55. The Morgan fingerprint density at radius 2 is 1.90 bits per heavy atom. The van der Waals surface area contributed by atoms with Crippen LogP contribution in [0.15, 0.2) is 30.6 Å². The smallest absolute Gasteiger partial charge is 0.327 e. The van der Waals surface area contributed by atoms with E-state index in [4.69, 9.17) is 0 Å². The van der Waals surface area contributed by atoms with E-state index in [1.54, 1.807) is 6.07 Å². The molecule has 1 atom stereocenters. The van der Waals surface area contributed by atoms with Crippen molar-refractivity contribution in [3.63, 3.8) is 0 Å². The molecule has 0 spiro atoms. The molecule has 0 unspecified atom stereocenters. The van der Waals surface area contributed by atoms with Gasteiger partial charge in [0.25, 0.3) is 5.91 Å². The molecule has 2 aromatic rings. The molecule has 1 aromatic carbocycles. The maximum absolute atomic E-state index is 12.9. The van der Waals surface area contributed by atoms with E-state index in [1.165, 1.54) is 24.5 Å². The van der Waals surface area contributed by atoms with Crippen molar-refractivity contribution in [3.8, 4) is 0 Å². The van der Waals surface area contributed by atoms with Crippen LogP contribution in [0, 0.1) is 0 Å². The number of rotatable bonds is 1. The summed E-state index contributed by atoms with van der Waals surface area (Å²) in [7, 11) is 0. The highest BCUT2D eigenvalue weighted by molar-refractivity contribution is 5.97. The van der Waals surface area contributed by atoms with Crippen LogP contribution >= 0.6 is 0 Å². The van der Waals surface area contributed by atoms with Gasteiger partial charge in [0.05, 0.1) is 11.0 Å². The molecule has 1 saturated heterocycles. The fourth-order valence-electron chi connectivity index (χ4n) is 2.61. The Morgan fingerprint density at radius 3 is 2.62 bits per heavy atom. The van der Waals surface area contributed by atoms with Crippen LogP contribution in [0.5, 0.6) is 0 Å². The number of halogens is 3. The predicted octanol–water partition coefficient (Wildman–Crippen LogP) is 2.80. The van der Waals surface area contributed by atoms with Gasteiger partial charge in [-0.1, -0.05) is 0 Å². The lowest BCUT2D eigenvalue weighted by molar-refractivity contribution is -0.169. The molecule has 7 heteroatoms. The summed E-state index contributed by atoms with van der Waals surface area (Å²) in [5.74, 6) is -0.609.